The lowest BCUT2D eigenvalue weighted by molar-refractivity contribution is -0.203. The Hall–Kier alpha value is -1.51. The number of nitrogens with one attached hydrogen (secondary N) is 2. The molecule has 1 fully saturated rings. The van der Waals surface area contributed by atoms with Crippen molar-refractivity contribution in [3.8, 4) is 0 Å². The van der Waals surface area contributed by atoms with Crippen LogP contribution in [0.15, 0.2) is 0 Å². The van der Waals surface area contributed by atoms with Crippen molar-refractivity contribution in [1.29, 1.82) is 0 Å². The molecule has 0 aromatic heterocycles. The Balaban J connectivity index is 2.58. The second-order valence-corrected chi connectivity index (χ2v) is 5.13. The minimum absolute atomic E-state index is 0.0164. The van der Waals surface area contributed by atoms with Crippen LogP contribution in [0.1, 0.15) is 26.7 Å². The number of ether oxygens (including phenoxy) is 1. The first-order valence-electron chi connectivity index (χ1n) is 6.59. The van der Waals surface area contributed by atoms with Crippen molar-refractivity contribution in [3.63, 3.8) is 0 Å². The minimum atomic E-state index is -5.10. The number of aliphatic carboxylic acids is 1. The first-order valence-corrected chi connectivity index (χ1v) is 6.59. The quantitative estimate of drug-likeness (QED) is 0.718. The Morgan fingerprint density at radius 1 is 1.38 bits per heavy atom. The van der Waals surface area contributed by atoms with Gasteiger partial charge in [-0.15, -0.1) is 0 Å². The molecule has 3 unspecified atom stereocenters. The summed E-state index contributed by atoms with van der Waals surface area (Å²) in [5.74, 6) is -2.15. The van der Waals surface area contributed by atoms with Gasteiger partial charge in [-0.1, -0.05) is 6.92 Å². The second kappa shape index (κ2) is 6.50. The van der Waals surface area contributed by atoms with E-state index in [0.29, 0.717) is 20.0 Å². The fourth-order valence-electron chi connectivity index (χ4n) is 2.12. The molecule has 9 heteroatoms. The van der Waals surface area contributed by atoms with Crippen molar-refractivity contribution in [2.24, 2.45) is 5.92 Å². The molecule has 21 heavy (non-hydrogen) atoms. The van der Waals surface area contributed by atoms with Crippen molar-refractivity contribution in [1.82, 2.24) is 10.6 Å². The number of alkyl halides is 3. The van der Waals surface area contributed by atoms with Gasteiger partial charge in [0.25, 0.3) is 0 Å². The summed E-state index contributed by atoms with van der Waals surface area (Å²) in [6.07, 6.45) is -3.70. The van der Waals surface area contributed by atoms with Crippen LogP contribution in [0.3, 0.4) is 0 Å². The highest BCUT2D eigenvalue weighted by atomic mass is 19.4. The predicted molar refractivity (Wildman–Crippen MR) is 66.8 cm³/mol. The third-order valence-corrected chi connectivity index (χ3v) is 3.63. The molecule has 0 aromatic carbocycles. The summed E-state index contributed by atoms with van der Waals surface area (Å²) in [6.45, 7) is 3.00. The van der Waals surface area contributed by atoms with Crippen LogP contribution in [0, 0.1) is 5.92 Å². The Morgan fingerprint density at radius 2 is 2.00 bits per heavy atom. The SMILES string of the molecule is CCC1OCCC1CNC(=O)NC(C)(C(=O)O)C(F)(F)F. The van der Waals surface area contributed by atoms with Gasteiger partial charge in [-0.2, -0.15) is 13.2 Å². The van der Waals surface area contributed by atoms with Crippen LogP contribution in [-0.2, 0) is 9.53 Å². The Morgan fingerprint density at radius 3 is 2.48 bits per heavy atom. The lowest BCUT2D eigenvalue weighted by Crippen LogP contribution is -2.63. The molecule has 0 saturated carbocycles. The molecule has 0 bridgehead atoms. The van der Waals surface area contributed by atoms with E-state index in [0.717, 1.165) is 6.42 Å². The molecule has 0 spiro atoms. The number of carbonyl (C=O) groups excluding carboxylic acids is 1. The molecule has 0 radical (unpaired) electrons. The van der Waals surface area contributed by atoms with Crippen LogP contribution in [-0.4, -0.2) is 48.1 Å². The third-order valence-electron chi connectivity index (χ3n) is 3.63. The molecule has 1 heterocycles. The normalized spacial score (nSPS) is 25.2. The van der Waals surface area contributed by atoms with E-state index < -0.39 is 23.7 Å². The van der Waals surface area contributed by atoms with E-state index in [9.17, 15) is 22.8 Å². The summed E-state index contributed by atoms with van der Waals surface area (Å²) in [5, 5.41) is 12.4. The van der Waals surface area contributed by atoms with Crippen molar-refractivity contribution >= 4 is 12.0 Å². The van der Waals surface area contributed by atoms with Crippen molar-refractivity contribution in [2.45, 2.75) is 44.5 Å². The Labute approximate surface area is 120 Å². The zero-order valence-corrected chi connectivity index (χ0v) is 11.8. The minimum Gasteiger partial charge on any atom is -0.479 e. The average molecular weight is 312 g/mol. The van der Waals surface area contributed by atoms with Gasteiger partial charge in [0.15, 0.2) is 0 Å². The zero-order chi connectivity index (χ0) is 16.3. The summed E-state index contributed by atoms with van der Waals surface area (Å²) in [4.78, 5) is 22.3. The van der Waals surface area contributed by atoms with Crippen molar-refractivity contribution in [3.05, 3.63) is 0 Å². The van der Waals surface area contributed by atoms with E-state index in [1.54, 1.807) is 0 Å². The monoisotopic (exact) mass is 312 g/mol. The molecule has 2 amide bonds. The van der Waals surface area contributed by atoms with Crippen LogP contribution >= 0.6 is 0 Å². The molecule has 3 atom stereocenters. The summed E-state index contributed by atoms with van der Waals surface area (Å²) in [5.41, 5.74) is -3.33. The third kappa shape index (κ3) is 3.99. The molecule has 3 N–H and O–H groups in total. The standard InChI is InChI=1S/C12H19F3N2O4/c1-3-8-7(4-5-21-8)6-16-10(20)17-11(2,9(18)19)12(13,14)15/h7-8H,3-6H2,1-2H3,(H,18,19)(H2,16,17,20). The van der Waals surface area contributed by atoms with E-state index in [4.69, 9.17) is 9.84 Å². The van der Waals surface area contributed by atoms with Crippen LogP contribution in [0.4, 0.5) is 18.0 Å². The number of hydrogen-bond acceptors (Lipinski definition) is 3. The van der Waals surface area contributed by atoms with Crippen molar-refractivity contribution in [2.75, 3.05) is 13.2 Å². The largest absolute Gasteiger partial charge is 0.479 e. The highest BCUT2D eigenvalue weighted by Crippen LogP contribution is 2.30. The van der Waals surface area contributed by atoms with Gasteiger partial charge in [0, 0.05) is 19.1 Å². The number of urea groups is 1. The summed E-state index contributed by atoms with van der Waals surface area (Å²) < 4.78 is 43.6. The van der Waals surface area contributed by atoms with E-state index in [1.165, 1.54) is 5.32 Å². The molecule has 0 aromatic rings. The van der Waals surface area contributed by atoms with Gasteiger partial charge in [-0.05, 0) is 19.8 Å². The number of carboxylic acids is 1. The van der Waals surface area contributed by atoms with Crippen LogP contribution in [0.25, 0.3) is 0 Å². The van der Waals surface area contributed by atoms with Crippen molar-refractivity contribution < 1.29 is 32.6 Å². The molecule has 0 aliphatic carbocycles. The fourth-order valence-corrected chi connectivity index (χ4v) is 2.12. The highest BCUT2D eigenvalue weighted by Gasteiger charge is 2.58. The first-order chi connectivity index (χ1) is 9.61. The number of carboxylic acid groups (broad SMARTS) is 1. The molecule has 6 nitrogen and oxygen atoms in total. The summed E-state index contributed by atoms with van der Waals surface area (Å²) in [6, 6.07) is -1.17. The second-order valence-electron chi connectivity index (χ2n) is 5.13. The molecule has 1 saturated heterocycles. The maximum atomic E-state index is 12.7. The average Bonchev–Trinajstić information content (AvgIpc) is 2.81. The topological polar surface area (TPSA) is 87.7 Å². The molecule has 1 aliphatic heterocycles. The van der Waals surface area contributed by atoms with Gasteiger partial charge in [-0.3, -0.25) is 0 Å². The van der Waals surface area contributed by atoms with Gasteiger partial charge in [-0.25, -0.2) is 9.59 Å². The maximum Gasteiger partial charge on any atom is 0.422 e. The van der Waals surface area contributed by atoms with Gasteiger partial charge < -0.3 is 20.5 Å². The molecule has 122 valence electrons. The van der Waals surface area contributed by atoms with E-state index in [2.05, 4.69) is 5.32 Å². The Kier molecular flexibility index (Phi) is 5.43. The van der Waals surface area contributed by atoms with Crippen LogP contribution in [0.2, 0.25) is 0 Å². The smallest absolute Gasteiger partial charge is 0.422 e. The van der Waals surface area contributed by atoms with Gasteiger partial charge in [0.05, 0.1) is 6.10 Å². The number of rotatable bonds is 5. The lowest BCUT2D eigenvalue weighted by Gasteiger charge is -2.29. The van der Waals surface area contributed by atoms with Crippen LogP contribution < -0.4 is 10.6 Å². The Bertz CT molecular complexity index is 402. The summed E-state index contributed by atoms with van der Waals surface area (Å²) >= 11 is 0. The molecule has 1 rings (SSSR count). The lowest BCUT2D eigenvalue weighted by atomic mass is 9.99. The van der Waals surface area contributed by atoms with Gasteiger partial charge in [0.2, 0.25) is 5.54 Å². The van der Waals surface area contributed by atoms with Gasteiger partial charge >= 0.3 is 18.2 Å². The fraction of sp³-hybridized carbons (Fsp3) is 0.833. The van der Waals surface area contributed by atoms with Gasteiger partial charge in [0.1, 0.15) is 0 Å². The van der Waals surface area contributed by atoms with E-state index in [-0.39, 0.29) is 18.6 Å². The maximum absolute atomic E-state index is 12.7. The van der Waals surface area contributed by atoms with E-state index in [1.807, 2.05) is 6.92 Å². The number of amides is 2. The number of carbonyl (C=O) groups is 2. The molecular weight excluding hydrogens is 293 g/mol. The summed E-state index contributed by atoms with van der Waals surface area (Å²) in [7, 11) is 0. The highest BCUT2D eigenvalue weighted by molar-refractivity contribution is 5.86. The molecule has 1 aliphatic rings. The number of hydrogen-bond donors (Lipinski definition) is 3. The zero-order valence-electron chi connectivity index (χ0n) is 11.8. The molecular formula is C12H19F3N2O4. The van der Waals surface area contributed by atoms with Crippen LogP contribution in [0.5, 0.6) is 0 Å². The van der Waals surface area contributed by atoms with E-state index >= 15 is 0 Å². The predicted octanol–water partition coefficient (Wildman–Crippen LogP) is 1.51. The number of halogens is 3. The first kappa shape index (κ1) is 17.5.